The molecule has 3 aromatic rings. The zero-order valence-corrected chi connectivity index (χ0v) is 16.0. The highest BCUT2D eigenvalue weighted by Crippen LogP contribution is 2.34. The third kappa shape index (κ3) is 3.07. The largest absolute Gasteiger partial charge is 0.397 e. The molecule has 1 aliphatic heterocycles. The van der Waals surface area contributed by atoms with E-state index >= 15 is 0 Å². The SMILES string of the molecule is CC(C)Cc1ccc2c(N)c(C(=O)N3CCc4ccccc4C3)sc2n1. The van der Waals surface area contributed by atoms with Crippen LogP contribution >= 0.6 is 11.3 Å². The van der Waals surface area contributed by atoms with E-state index < -0.39 is 0 Å². The molecule has 0 unspecified atom stereocenters. The number of hydrogen-bond donors (Lipinski definition) is 1. The first kappa shape index (κ1) is 17.0. The van der Waals surface area contributed by atoms with Crippen LogP contribution in [0.1, 0.15) is 40.3 Å². The Labute approximate surface area is 157 Å². The number of nitrogens with two attached hydrogens (primary N) is 1. The van der Waals surface area contributed by atoms with Crippen molar-refractivity contribution in [2.24, 2.45) is 5.92 Å². The van der Waals surface area contributed by atoms with Gasteiger partial charge in [0.1, 0.15) is 9.71 Å². The van der Waals surface area contributed by atoms with Gasteiger partial charge in [0.25, 0.3) is 5.91 Å². The Balaban J connectivity index is 1.64. The number of benzene rings is 1. The summed E-state index contributed by atoms with van der Waals surface area (Å²) >= 11 is 1.42. The molecule has 1 aliphatic rings. The van der Waals surface area contributed by atoms with Crippen molar-refractivity contribution >= 4 is 33.1 Å². The van der Waals surface area contributed by atoms with Gasteiger partial charge in [-0.1, -0.05) is 38.1 Å². The summed E-state index contributed by atoms with van der Waals surface area (Å²) in [4.78, 5) is 21.2. The fourth-order valence-electron chi connectivity index (χ4n) is 3.54. The van der Waals surface area contributed by atoms with Crippen molar-refractivity contribution in [2.75, 3.05) is 12.3 Å². The summed E-state index contributed by atoms with van der Waals surface area (Å²) in [5.41, 5.74) is 10.5. The van der Waals surface area contributed by atoms with Gasteiger partial charge in [-0.25, -0.2) is 4.98 Å². The van der Waals surface area contributed by atoms with Gasteiger partial charge in [0, 0.05) is 24.2 Å². The normalized spacial score (nSPS) is 14.0. The van der Waals surface area contributed by atoms with Crippen molar-refractivity contribution in [1.29, 1.82) is 0 Å². The molecular weight excluding hydrogens is 342 g/mol. The Hall–Kier alpha value is -2.40. The lowest BCUT2D eigenvalue weighted by atomic mass is 10.00. The third-order valence-corrected chi connectivity index (χ3v) is 5.98. The average molecular weight is 366 g/mol. The zero-order chi connectivity index (χ0) is 18.3. The first-order chi connectivity index (χ1) is 12.5. The van der Waals surface area contributed by atoms with Gasteiger partial charge in [-0.15, -0.1) is 11.3 Å². The molecule has 4 nitrogen and oxygen atoms in total. The van der Waals surface area contributed by atoms with Gasteiger partial charge in [0.2, 0.25) is 0 Å². The minimum atomic E-state index is 0.0189. The topological polar surface area (TPSA) is 59.2 Å². The van der Waals surface area contributed by atoms with Crippen LogP contribution in [0.3, 0.4) is 0 Å². The zero-order valence-electron chi connectivity index (χ0n) is 15.2. The lowest BCUT2D eigenvalue weighted by molar-refractivity contribution is 0.0740. The molecule has 0 saturated carbocycles. The number of aromatic nitrogens is 1. The van der Waals surface area contributed by atoms with E-state index in [1.54, 1.807) is 0 Å². The van der Waals surface area contributed by atoms with Crippen molar-refractivity contribution in [3.63, 3.8) is 0 Å². The van der Waals surface area contributed by atoms with E-state index in [-0.39, 0.29) is 5.91 Å². The van der Waals surface area contributed by atoms with E-state index in [2.05, 4.69) is 32.0 Å². The predicted octanol–water partition coefficient (Wildman–Crippen LogP) is 4.28. The summed E-state index contributed by atoms with van der Waals surface area (Å²) in [7, 11) is 0. The van der Waals surface area contributed by atoms with Gasteiger partial charge < -0.3 is 10.6 Å². The summed E-state index contributed by atoms with van der Waals surface area (Å²) in [6, 6.07) is 12.4. The summed E-state index contributed by atoms with van der Waals surface area (Å²) in [5.74, 6) is 0.567. The van der Waals surface area contributed by atoms with Gasteiger partial charge in [-0.2, -0.15) is 0 Å². The number of rotatable bonds is 3. The fraction of sp³-hybridized carbons (Fsp3) is 0.333. The molecular formula is C21H23N3OS. The molecule has 4 rings (SSSR count). The van der Waals surface area contributed by atoms with Gasteiger partial charge in [0.15, 0.2) is 0 Å². The van der Waals surface area contributed by atoms with Crippen LogP contribution in [0, 0.1) is 5.92 Å². The summed E-state index contributed by atoms with van der Waals surface area (Å²) in [5, 5.41) is 0.892. The van der Waals surface area contributed by atoms with E-state index in [0.717, 1.165) is 35.3 Å². The van der Waals surface area contributed by atoms with Crippen LogP contribution in [0.5, 0.6) is 0 Å². The quantitative estimate of drug-likeness (QED) is 0.754. The lowest BCUT2D eigenvalue weighted by Crippen LogP contribution is -2.35. The number of carbonyl (C=O) groups excluding carboxylic acids is 1. The van der Waals surface area contributed by atoms with E-state index in [1.807, 2.05) is 23.1 Å². The van der Waals surface area contributed by atoms with Gasteiger partial charge >= 0.3 is 0 Å². The molecule has 26 heavy (non-hydrogen) atoms. The summed E-state index contributed by atoms with van der Waals surface area (Å²) in [6.45, 7) is 5.74. The minimum Gasteiger partial charge on any atom is -0.397 e. The second-order valence-corrected chi connectivity index (χ2v) is 8.34. The Morgan fingerprint density at radius 2 is 2.00 bits per heavy atom. The highest BCUT2D eigenvalue weighted by atomic mass is 32.1. The molecule has 1 aromatic carbocycles. The number of nitrogens with zero attached hydrogens (tertiary/aromatic N) is 2. The molecule has 0 saturated heterocycles. The molecule has 0 bridgehead atoms. The van der Waals surface area contributed by atoms with Crippen LogP contribution in [0.2, 0.25) is 0 Å². The van der Waals surface area contributed by atoms with Crippen LogP contribution in [0.15, 0.2) is 36.4 Å². The third-order valence-electron chi connectivity index (χ3n) is 4.88. The standard InChI is InChI=1S/C21H23N3OS/c1-13(2)11-16-7-8-17-18(22)19(26-20(17)23-16)21(25)24-10-9-14-5-3-4-6-15(14)12-24/h3-8,13H,9-12,22H2,1-2H3. The first-order valence-electron chi connectivity index (χ1n) is 9.07. The number of pyridine rings is 1. The highest BCUT2D eigenvalue weighted by molar-refractivity contribution is 7.21. The molecule has 3 heterocycles. The van der Waals surface area contributed by atoms with E-state index in [4.69, 9.17) is 10.7 Å². The molecule has 0 aliphatic carbocycles. The van der Waals surface area contributed by atoms with Gasteiger partial charge in [0.05, 0.1) is 5.69 Å². The van der Waals surface area contributed by atoms with Crippen molar-refractivity contribution < 1.29 is 4.79 Å². The number of fused-ring (bicyclic) bond motifs is 2. The second-order valence-electron chi connectivity index (χ2n) is 7.34. The molecule has 0 radical (unpaired) electrons. The van der Waals surface area contributed by atoms with Crippen molar-refractivity contribution in [3.05, 3.63) is 58.1 Å². The van der Waals surface area contributed by atoms with Crippen LogP contribution in [0.4, 0.5) is 5.69 Å². The Morgan fingerprint density at radius 3 is 2.77 bits per heavy atom. The number of anilines is 1. The smallest absolute Gasteiger partial charge is 0.266 e. The van der Waals surface area contributed by atoms with E-state index in [9.17, 15) is 4.79 Å². The monoisotopic (exact) mass is 365 g/mol. The van der Waals surface area contributed by atoms with Crippen molar-refractivity contribution in [3.8, 4) is 0 Å². The van der Waals surface area contributed by atoms with Gasteiger partial charge in [-0.05, 0) is 42.0 Å². The van der Waals surface area contributed by atoms with E-state index in [1.165, 1.54) is 22.5 Å². The molecule has 2 N–H and O–H groups in total. The maximum atomic E-state index is 13.1. The Morgan fingerprint density at radius 1 is 1.23 bits per heavy atom. The Bertz CT molecular complexity index is 977. The molecule has 5 heteroatoms. The fourth-order valence-corrected chi connectivity index (χ4v) is 4.62. The van der Waals surface area contributed by atoms with Crippen LogP contribution in [0.25, 0.3) is 10.2 Å². The number of thiophene rings is 1. The maximum Gasteiger partial charge on any atom is 0.266 e. The molecule has 2 aromatic heterocycles. The summed E-state index contributed by atoms with van der Waals surface area (Å²) in [6.07, 6.45) is 1.82. The maximum absolute atomic E-state index is 13.1. The minimum absolute atomic E-state index is 0.0189. The number of hydrogen-bond acceptors (Lipinski definition) is 4. The van der Waals surface area contributed by atoms with Crippen LogP contribution in [-0.2, 0) is 19.4 Å². The van der Waals surface area contributed by atoms with Crippen molar-refractivity contribution in [2.45, 2.75) is 33.2 Å². The van der Waals surface area contributed by atoms with Crippen LogP contribution < -0.4 is 5.73 Å². The van der Waals surface area contributed by atoms with Crippen molar-refractivity contribution in [1.82, 2.24) is 9.88 Å². The number of carbonyl (C=O) groups is 1. The second kappa shape index (κ2) is 6.72. The average Bonchev–Trinajstić information content (AvgIpc) is 2.96. The molecule has 1 amide bonds. The lowest BCUT2D eigenvalue weighted by Gasteiger charge is -2.28. The van der Waals surface area contributed by atoms with E-state index in [0.29, 0.717) is 23.0 Å². The van der Waals surface area contributed by atoms with Crippen LogP contribution in [-0.4, -0.2) is 22.3 Å². The molecule has 0 atom stereocenters. The molecule has 134 valence electrons. The molecule has 0 fully saturated rings. The summed E-state index contributed by atoms with van der Waals surface area (Å²) < 4.78 is 0. The number of amides is 1. The first-order valence-corrected chi connectivity index (χ1v) is 9.88. The molecule has 0 spiro atoms. The van der Waals surface area contributed by atoms with Gasteiger partial charge in [-0.3, -0.25) is 4.79 Å². The highest BCUT2D eigenvalue weighted by Gasteiger charge is 2.25. The Kier molecular flexibility index (Phi) is 4.41. The number of nitrogen functional groups attached to an aromatic ring is 1. The predicted molar refractivity (Wildman–Crippen MR) is 107 cm³/mol.